The Hall–Kier alpha value is -2.04. The number of carbonyl (C=O) groups excluding carboxylic acids is 1. The van der Waals surface area contributed by atoms with Gasteiger partial charge in [-0.2, -0.15) is 0 Å². The zero-order chi connectivity index (χ0) is 16.7. The van der Waals surface area contributed by atoms with Crippen molar-refractivity contribution in [2.75, 3.05) is 11.9 Å². The number of carbonyl (C=O) groups is 1. The molecule has 4 nitrogen and oxygen atoms in total. The van der Waals surface area contributed by atoms with E-state index in [-0.39, 0.29) is 5.91 Å². The Morgan fingerprint density at radius 1 is 1.22 bits per heavy atom. The van der Waals surface area contributed by atoms with Crippen molar-refractivity contribution in [2.24, 2.45) is 0 Å². The molecule has 0 bridgehead atoms. The molecule has 1 unspecified atom stereocenters. The van der Waals surface area contributed by atoms with Gasteiger partial charge in [-0.25, -0.2) is 0 Å². The molecule has 2 aromatic rings. The number of ether oxygens (including phenoxy) is 1. The molecule has 2 aromatic carbocycles. The van der Waals surface area contributed by atoms with Crippen LogP contribution >= 0.6 is 11.6 Å². The van der Waals surface area contributed by atoms with Crippen molar-refractivity contribution >= 4 is 23.2 Å². The maximum Gasteiger partial charge on any atom is 0.265 e. The SMILES string of the molecule is CCNCc1ccccc1NC(=O)C(C)Oc1cccc(Cl)c1. The third-order valence-corrected chi connectivity index (χ3v) is 3.55. The Labute approximate surface area is 141 Å². The van der Waals surface area contributed by atoms with E-state index in [2.05, 4.69) is 10.6 Å². The average molecular weight is 333 g/mol. The van der Waals surface area contributed by atoms with E-state index < -0.39 is 6.10 Å². The minimum Gasteiger partial charge on any atom is -0.481 e. The van der Waals surface area contributed by atoms with E-state index in [0.717, 1.165) is 17.8 Å². The first-order valence-corrected chi connectivity index (χ1v) is 7.99. The highest BCUT2D eigenvalue weighted by Crippen LogP contribution is 2.19. The molecule has 0 aliphatic heterocycles. The molecule has 0 saturated carbocycles. The largest absolute Gasteiger partial charge is 0.481 e. The van der Waals surface area contributed by atoms with E-state index in [9.17, 15) is 4.79 Å². The number of nitrogens with one attached hydrogen (secondary N) is 2. The van der Waals surface area contributed by atoms with Crippen molar-refractivity contribution in [2.45, 2.75) is 26.5 Å². The smallest absolute Gasteiger partial charge is 0.265 e. The molecule has 23 heavy (non-hydrogen) atoms. The molecule has 0 aliphatic rings. The first-order chi connectivity index (χ1) is 11.1. The first-order valence-electron chi connectivity index (χ1n) is 7.62. The van der Waals surface area contributed by atoms with Crippen molar-refractivity contribution in [1.29, 1.82) is 0 Å². The van der Waals surface area contributed by atoms with Crippen LogP contribution in [0.3, 0.4) is 0 Å². The van der Waals surface area contributed by atoms with Crippen molar-refractivity contribution in [1.82, 2.24) is 5.32 Å². The second kappa shape index (κ2) is 8.56. The van der Waals surface area contributed by atoms with Gasteiger partial charge in [0.05, 0.1) is 0 Å². The van der Waals surface area contributed by atoms with Crippen molar-refractivity contribution in [3.8, 4) is 5.75 Å². The molecule has 1 atom stereocenters. The number of rotatable bonds is 7. The summed E-state index contributed by atoms with van der Waals surface area (Å²) in [7, 11) is 0. The molecule has 0 spiro atoms. The maximum absolute atomic E-state index is 12.3. The van der Waals surface area contributed by atoms with E-state index in [0.29, 0.717) is 17.3 Å². The van der Waals surface area contributed by atoms with Gasteiger partial charge in [-0.15, -0.1) is 0 Å². The fourth-order valence-electron chi connectivity index (χ4n) is 2.09. The molecule has 5 heteroatoms. The lowest BCUT2D eigenvalue weighted by atomic mass is 10.1. The van der Waals surface area contributed by atoms with Gasteiger partial charge in [0.25, 0.3) is 5.91 Å². The monoisotopic (exact) mass is 332 g/mol. The van der Waals surface area contributed by atoms with Crippen LogP contribution in [0.15, 0.2) is 48.5 Å². The lowest BCUT2D eigenvalue weighted by Crippen LogP contribution is -2.30. The number of halogens is 1. The summed E-state index contributed by atoms with van der Waals surface area (Å²) in [4.78, 5) is 12.3. The summed E-state index contributed by atoms with van der Waals surface area (Å²) in [6.45, 7) is 5.33. The van der Waals surface area contributed by atoms with E-state index >= 15 is 0 Å². The van der Waals surface area contributed by atoms with E-state index in [1.165, 1.54) is 0 Å². The number of hydrogen-bond donors (Lipinski definition) is 2. The van der Waals surface area contributed by atoms with Gasteiger partial charge in [0.2, 0.25) is 0 Å². The Balaban J connectivity index is 2.01. The predicted molar refractivity (Wildman–Crippen MR) is 94.0 cm³/mol. The van der Waals surface area contributed by atoms with Crippen LogP contribution < -0.4 is 15.4 Å². The Morgan fingerprint density at radius 2 is 2.00 bits per heavy atom. The summed E-state index contributed by atoms with van der Waals surface area (Å²) in [5, 5.41) is 6.75. The van der Waals surface area contributed by atoms with Gasteiger partial charge in [0.15, 0.2) is 6.10 Å². The molecule has 1 amide bonds. The highest BCUT2D eigenvalue weighted by molar-refractivity contribution is 6.30. The maximum atomic E-state index is 12.3. The molecule has 2 rings (SSSR count). The van der Waals surface area contributed by atoms with Gasteiger partial charge in [-0.05, 0) is 43.3 Å². The molecule has 122 valence electrons. The number of benzene rings is 2. The second-order valence-electron chi connectivity index (χ2n) is 5.14. The Kier molecular flexibility index (Phi) is 6.44. The van der Waals surface area contributed by atoms with Gasteiger partial charge >= 0.3 is 0 Å². The van der Waals surface area contributed by atoms with Gasteiger partial charge in [-0.1, -0.05) is 42.8 Å². The molecule has 2 N–H and O–H groups in total. The van der Waals surface area contributed by atoms with Crippen LogP contribution in [0.2, 0.25) is 5.02 Å². The standard InChI is InChI=1S/C18H21ClN2O2/c1-3-20-12-14-7-4-5-10-17(14)21-18(22)13(2)23-16-9-6-8-15(19)11-16/h4-11,13,20H,3,12H2,1-2H3,(H,21,22). The zero-order valence-corrected chi connectivity index (χ0v) is 14.1. The van der Waals surface area contributed by atoms with Gasteiger partial charge in [0.1, 0.15) is 5.75 Å². The Morgan fingerprint density at radius 3 is 2.74 bits per heavy atom. The van der Waals surface area contributed by atoms with Gasteiger partial charge < -0.3 is 15.4 Å². The molecule has 0 radical (unpaired) electrons. The highest BCUT2D eigenvalue weighted by atomic mass is 35.5. The molecular weight excluding hydrogens is 312 g/mol. The molecule has 0 aliphatic carbocycles. The summed E-state index contributed by atoms with van der Waals surface area (Å²) in [5.41, 5.74) is 1.83. The number of amides is 1. The molecular formula is C18H21ClN2O2. The summed E-state index contributed by atoms with van der Waals surface area (Å²) in [6, 6.07) is 14.7. The summed E-state index contributed by atoms with van der Waals surface area (Å²) in [5.74, 6) is 0.370. The van der Waals surface area contributed by atoms with Crippen LogP contribution in [0, 0.1) is 0 Å². The number of para-hydroxylation sites is 1. The topological polar surface area (TPSA) is 50.4 Å². The minimum atomic E-state index is -0.624. The average Bonchev–Trinajstić information content (AvgIpc) is 2.54. The van der Waals surface area contributed by atoms with E-state index in [4.69, 9.17) is 16.3 Å². The van der Waals surface area contributed by atoms with Crippen LogP contribution in [-0.2, 0) is 11.3 Å². The van der Waals surface area contributed by atoms with Crippen LogP contribution in [0.1, 0.15) is 19.4 Å². The Bertz CT molecular complexity index is 661. The highest BCUT2D eigenvalue weighted by Gasteiger charge is 2.16. The van der Waals surface area contributed by atoms with E-state index in [1.54, 1.807) is 31.2 Å². The van der Waals surface area contributed by atoms with Gasteiger partial charge in [0, 0.05) is 17.3 Å². The predicted octanol–water partition coefficient (Wildman–Crippen LogP) is 3.86. The third-order valence-electron chi connectivity index (χ3n) is 3.32. The third kappa shape index (κ3) is 5.27. The lowest BCUT2D eigenvalue weighted by Gasteiger charge is -2.16. The number of hydrogen-bond acceptors (Lipinski definition) is 3. The molecule has 0 aromatic heterocycles. The van der Waals surface area contributed by atoms with Crippen molar-refractivity contribution < 1.29 is 9.53 Å². The van der Waals surface area contributed by atoms with Crippen molar-refractivity contribution in [3.63, 3.8) is 0 Å². The quantitative estimate of drug-likeness (QED) is 0.809. The fourth-order valence-corrected chi connectivity index (χ4v) is 2.27. The van der Waals surface area contributed by atoms with Gasteiger partial charge in [-0.3, -0.25) is 4.79 Å². The minimum absolute atomic E-state index is 0.200. The van der Waals surface area contributed by atoms with Crippen LogP contribution in [0.25, 0.3) is 0 Å². The lowest BCUT2D eigenvalue weighted by molar-refractivity contribution is -0.122. The second-order valence-corrected chi connectivity index (χ2v) is 5.58. The van der Waals surface area contributed by atoms with E-state index in [1.807, 2.05) is 31.2 Å². The summed E-state index contributed by atoms with van der Waals surface area (Å²) >= 11 is 5.92. The van der Waals surface area contributed by atoms with Crippen LogP contribution in [0.4, 0.5) is 5.69 Å². The zero-order valence-electron chi connectivity index (χ0n) is 13.3. The molecule has 0 fully saturated rings. The first kappa shape index (κ1) is 17.3. The molecule has 0 saturated heterocycles. The fraction of sp³-hybridized carbons (Fsp3) is 0.278. The molecule has 0 heterocycles. The van der Waals surface area contributed by atoms with Crippen molar-refractivity contribution in [3.05, 3.63) is 59.1 Å². The van der Waals surface area contributed by atoms with Crippen LogP contribution in [-0.4, -0.2) is 18.6 Å². The summed E-state index contributed by atoms with van der Waals surface area (Å²) in [6.07, 6.45) is -0.624. The number of anilines is 1. The summed E-state index contributed by atoms with van der Waals surface area (Å²) < 4.78 is 5.64. The van der Waals surface area contributed by atoms with Crippen LogP contribution in [0.5, 0.6) is 5.75 Å². The normalized spacial score (nSPS) is 11.8.